The van der Waals surface area contributed by atoms with Crippen molar-refractivity contribution in [2.75, 3.05) is 13.2 Å². The van der Waals surface area contributed by atoms with E-state index >= 15 is 0 Å². The van der Waals surface area contributed by atoms with Crippen LogP contribution >= 0.6 is 8.53 Å². The second kappa shape index (κ2) is 14.2. The molecule has 1 saturated heterocycles. The van der Waals surface area contributed by atoms with E-state index in [4.69, 9.17) is 24.3 Å². The van der Waals surface area contributed by atoms with Crippen molar-refractivity contribution in [3.05, 3.63) is 71.5 Å². The average Bonchev–Trinajstić information content (AvgIpc) is 3.20. The Balaban J connectivity index is 1.89. The van der Waals surface area contributed by atoms with E-state index in [2.05, 4.69) is 17.4 Å². The third kappa shape index (κ3) is 7.86. The van der Waals surface area contributed by atoms with Crippen LogP contribution < -0.4 is 27.0 Å². The van der Waals surface area contributed by atoms with Crippen molar-refractivity contribution >= 4 is 19.9 Å². The molecule has 3 rings (SSSR count). The Labute approximate surface area is 222 Å². The lowest BCUT2D eigenvalue weighted by molar-refractivity contribution is -0.423. The first-order chi connectivity index (χ1) is 18.6. The number of benzene rings is 1. The van der Waals surface area contributed by atoms with Gasteiger partial charge in [0, 0.05) is 24.9 Å². The standard InChI is InChI=1S/C21H29N6O11P/c1-2-3-4-5-10-23-37-19-18(38-39(22)34)15(36-20(19)25-11-9-16(28)24-21(25)29)12-35-14-8-6-7-13(26(30)31)17(14)27(32)33/h6-9,11,15,18-20,23,34H,2-5,10,12,22H2,1H3,(H,24,28,29)/t15-,18-,19-,20-,39?/m1/s1. The number of aromatic amines is 1. The van der Waals surface area contributed by atoms with Gasteiger partial charge >= 0.3 is 17.1 Å². The Bertz CT molecular complexity index is 1260. The SMILES string of the molecule is CCCCCCNO[C@@H]1[C@H](OP(N)O)[C@@H](COc2cccc([N+](=O)[O-])c2[N+](=O)[O-])O[C@H]1n1ccc(=O)[nH]c1=O. The normalized spacial score (nSPS) is 21.5. The molecule has 0 spiro atoms. The van der Waals surface area contributed by atoms with Crippen LogP contribution in [-0.4, -0.2) is 55.8 Å². The van der Waals surface area contributed by atoms with Gasteiger partial charge in [-0.15, -0.1) is 0 Å². The molecule has 5 N–H and O–H groups in total. The minimum absolute atomic E-state index is 0.410. The second-order valence-electron chi connectivity index (χ2n) is 8.44. The van der Waals surface area contributed by atoms with Crippen LogP contribution in [0, 0.1) is 20.2 Å². The molecule has 1 aromatic heterocycles. The number of hydrogen-bond acceptors (Lipinski definition) is 13. The predicted octanol–water partition coefficient (Wildman–Crippen LogP) is 1.36. The molecule has 2 aromatic rings. The number of ether oxygens (including phenoxy) is 2. The number of unbranched alkanes of at least 4 members (excludes halogenated alkanes) is 3. The minimum Gasteiger partial charge on any atom is -0.484 e. The van der Waals surface area contributed by atoms with E-state index in [1.54, 1.807) is 0 Å². The Kier molecular flexibility index (Phi) is 11.0. The second-order valence-corrected chi connectivity index (χ2v) is 9.26. The Morgan fingerprint density at radius 2 is 1.95 bits per heavy atom. The molecule has 17 nitrogen and oxygen atoms in total. The molecule has 1 aliphatic rings. The lowest BCUT2D eigenvalue weighted by Crippen LogP contribution is -2.43. The summed E-state index contributed by atoms with van der Waals surface area (Å²) in [5, 5.41) is 22.8. The monoisotopic (exact) mass is 572 g/mol. The number of para-hydroxylation sites is 1. The van der Waals surface area contributed by atoms with Crippen molar-refractivity contribution in [2.24, 2.45) is 5.50 Å². The molecule has 0 radical (unpaired) electrons. The molecular formula is C21H29N6O11P. The summed E-state index contributed by atoms with van der Waals surface area (Å²) in [4.78, 5) is 62.8. The molecule has 39 heavy (non-hydrogen) atoms. The molecule has 214 valence electrons. The summed E-state index contributed by atoms with van der Waals surface area (Å²) in [6, 6.07) is 4.44. The maximum absolute atomic E-state index is 12.5. The number of nitrogens with one attached hydrogen (secondary N) is 2. The van der Waals surface area contributed by atoms with Crippen molar-refractivity contribution in [2.45, 2.75) is 57.1 Å². The molecule has 2 heterocycles. The summed E-state index contributed by atoms with van der Waals surface area (Å²) in [7, 11) is -2.47. The van der Waals surface area contributed by atoms with Gasteiger partial charge in [0.15, 0.2) is 12.3 Å². The number of rotatable bonds is 15. The summed E-state index contributed by atoms with van der Waals surface area (Å²) in [5.41, 5.74) is 5.19. The van der Waals surface area contributed by atoms with Gasteiger partial charge in [0.2, 0.25) is 5.75 Å². The molecule has 1 fully saturated rings. The highest BCUT2D eigenvalue weighted by molar-refractivity contribution is 7.43. The topological polar surface area (TPSA) is 236 Å². The summed E-state index contributed by atoms with van der Waals surface area (Å²) in [6.45, 7) is 2.04. The van der Waals surface area contributed by atoms with Gasteiger partial charge in [-0.3, -0.25) is 44.9 Å². The number of nitrogens with two attached hydrogens (primary N) is 1. The lowest BCUT2D eigenvalue weighted by atomic mass is 10.1. The van der Waals surface area contributed by atoms with Gasteiger partial charge in [0.25, 0.3) is 14.1 Å². The number of nitro benzene ring substituents is 2. The highest BCUT2D eigenvalue weighted by atomic mass is 31.2. The van der Waals surface area contributed by atoms with Gasteiger partial charge in [-0.1, -0.05) is 32.3 Å². The molecule has 18 heteroatoms. The number of nitro groups is 2. The maximum Gasteiger partial charge on any atom is 0.387 e. The molecule has 0 saturated carbocycles. The smallest absolute Gasteiger partial charge is 0.387 e. The van der Waals surface area contributed by atoms with Crippen LogP contribution in [0.15, 0.2) is 40.1 Å². The number of H-pyrrole nitrogens is 1. The van der Waals surface area contributed by atoms with E-state index in [1.807, 2.05) is 0 Å². The lowest BCUT2D eigenvalue weighted by Gasteiger charge is -2.25. The summed E-state index contributed by atoms with van der Waals surface area (Å²) >= 11 is 0. The third-order valence-electron chi connectivity index (χ3n) is 5.75. The molecule has 0 bridgehead atoms. The first kappa shape index (κ1) is 30.2. The van der Waals surface area contributed by atoms with E-state index < -0.39 is 77.9 Å². The molecule has 1 unspecified atom stereocenters. The largest absolute Gasteiger partial charge is 0.484 e. The summed E-state index contributed by atoms with van der Waals surface area (Å²) in [6.07, 6.45) is 0.324. The van der Waals surface area contributed by atoms with Crippen LogP contribution in [0.1, 0.15) is 38.8 Å². The summed E-state index contributed by atoms with van der Waals surface area (Å²) in [5.74, 6) is -0.410. The van der Waals surface area contributed by atoms with Crippen LogP contribution in [0.2, 0.25) is 0 Å². The van der Waals surface area contributed by atoms with Gasteiger partial charge in [0.05, 0.1) is 9.85 Å². The quantitative estimate of drug-likeness (QED) is 0.102. The van der Waals surface area contributed by atoms with Crippen LogP contribution in [0.25, 0.3) is 0 Å². The zero-order valence-corrected chi connectivity index (χ0v) is 21.7. The minimum atomic E-state index is -2.47. The Hall–Kier alpha value is -3.31. The van der Waals surface area contributed by atoms with Crippen molar-refractivity contribution < 1.29 is 33.6 Å². The molecule has 1 aliphatic heterocycles. The molecular weight excluding hydrogens is 543 g/mol. The fourth-order valence-electron chi connectivity index (χ4n) is 3.98. The highest BCUT2D eigenvalue weighted by Crippen LogP contribution is 2.40. The van der Waals surface area contributed by atoms with E-state index in [0.29, 0.717) is 6.54 Å². The maximum atomic E-state index is 12.5. The zero-order valence-electron chi connectivity index (χ0n) is 20.8. The van der Waals surface area contributed by atoms with Gasteiger partial charge in [-0.25, -0.2) is 10.3 Å². The first-order valence-corrected chi connectivity index (χ1v) is 13.2. The van der Waals surface area contributed by atoms with Crippen molar-refractivity contribution in [1.82, 2.24) is 15.0 Å². The Morgan fingerprint density at radius 1 is 1.18 bits per heavy atom. The van der Waals surface area contributed by atoms with E-state index in [0.717, 1.165) is 42.4 Å². The molecule has 0 aliphatic carbocycles. The van der Waals surface area contributed by atoms with E-state index in [9.17, 15) is 34.7 Å². The zero-order chi connectivity index (χ0) is 28.5. The highest BCUT2D eigenvalue weighted by Gasteiger charge is 2.49. The van der Waals surface area contributed by atoms with Crippen LogP contribution in [0.4, 0.5) is 11.4 Å². The fourth-order valence-corrected chi connectivity index (χ4v) is 4.49. The van der Waals surface area contributed by atoms with E-state index in [1.165, 1.54) is 18.3 Å². The molecule has 0 amide bonds. The number of hydroxylamine groups is 1. The van der Waals surface area contributed by atoms with Gasteiger partial charge < -0.3 is 18.9 Å². The van der Waals surface area contributed by atoms with Crippen LogP contribution in [0.5, 0.6) is 5.75 Å². The number of nitrogens with zero attached hydrogens (tertiary/aromatic N) is 3. The predicted molar refractivity (Wildman–Crippen MR) is 136 cm³/mol. The van der Waals surface area contributed by atoms with Crippen LogP contribution in [0.3, 0.4) is 0 Å². The number of hydrogen-bond donors (Lipinski definition) is 4. The van der Waals surface area contributed by atoms with Crippen molar-refractivity contribution in [1.29, 1.82) is 0 Å². The van der Waals surface area contributed by atoms with Crippen molar-refractivity contribution in [3.63, 3.8) is 0 Å². The van der Waals surface area contributed by atoms with Crippen molar-refractivity contribution in [3.8, 4) is 5.75 Å². The third-order valence-corrected chi connectivity index (χ3v) is 6.21. The van der Waals surface area contributed by atoms with Crippen LogP contribution in [-0.2, 0) is 14.1 Å². The fraction of sp³-hybridized carbons (Fsp3) is 0.524. The van der Waals surface area contributed by atoms with E-state index in [-0.39, 0.29) is 0 Å². The van der Waals surface area contributed by atoms with Gasteiger partial charge in [-0.2, -0.15) is 0 Å². The van der Waals surface area contributed by atoms with Gasteiger partial charge in [0.1, 0.15) is 18.8 Å². The summed E-state index contributed by atoms with van der Waals surface area (Å²) < 4.78 is 18.0. The first-order valence-electron chi connectivity index (χ1n) is 11.9. The Morgan fingerprint density at radius 3 is 2.59 bits per heavy atom. The number of aromatic nitrogens is 2. The van der Waals surface area contributed by atoms with Gasteiger partial charge in [-0.05, 0) is 12.5 Å². The average molecular weight is 572 g/mol. The molecule has 1 aromatic carbocycles. The molecule has 5 atom stereocenters.